The van der Waals surface area contributed by atoms with Crippen LogP contribution in [0.3, 0.4) is 0 Å². The number of esters is 1. The predicted molar refractivity (Wildman–Crippen MR) is 88.6 cm³/mol. The van der Waals surface area contributed by atoms with E-state index in [2.05, 4.69) is 10.3 Å². The van der Waals surface area contributed by atoms with Crippen LogP contribution < -0.4 is 10.9 Å². The molecule has 0 spiro atoms. The van der Waals surface area contributed by atoms with E-state index in [0.717, 1.165) is 6.42 Å². The van der Waals surface area contributed by atoms with Gasteiger partial charge in [0.05, 0.1) is 24.2 Å². The normalized spacial score (nSPS) is 13.7. The number of methoxy groups -OCH3 is 1. The fraction of sp³-hybridized carbons (Fsp3) is 0.438. The van der Waals surface area contributed by atoms with Crippen molar-refractivity contribution in [2.75, 3.05) is 7.11 Å². The smallest absolute Gasteiger partial charge is 0.307 e. The molecule has 0 aliphatic rings. The Hall–Kier alpha value is -1.92. The monoisotopic (exact) mass is 337 g/mol. The van der Waals surface area contributed by atoms with Crippen molar-refractivity contribution in [1.82, 2.24) is 14.7 Å². The number of hydrogen-bond acceptors (Lipinski definition) is 5. The van der Waals surface area contributed by atoms with E-state index in [-0.39, 0.29) is 17.9 Å². The van der Waals surface area contributed by atoms with E-state index in [0.29, 0.717) is 22.9 Å². The zero-order valence-electron chi connectivity index (χ0n) is 13.4. The van der Waals surface area contributed by atoms with E-state index in [4.69, 9.17) is 16.3 Å². The number of nitrogens with one attached hydrogen (secondary N) is 1. The van der Waals surface area contributed by atoms with Gasteiger partial charge in [-0.3, -0.25) is 14.0 Å². The molecule has 2 heterocycles. The standard InChI is InChI=1S/C16H20ClN3O3/c1-4-16(2,8-15(22)23-3)18-9-12-7-14(21)20-10-11(17)5-6-13(20)19-12/h5-7,10,18H,4,8-9H2,1-3H3. The summed E-state index contributed by atoms with van der Waals surface area (Å²) in [5.41, 5.74) is 0.534. The summed E-state index contributed by atoms with van der Waals surface area (Å²) in [6, 6.07) is 4.85. The number of hydrogen-bond donors (Lipinski definition) is 1. The molecule has 0 aromatic carbocycles. The second-order valence-corrected chi connectivity index (χ2v) is 6.12. The fourth-order valence-corrected chi connectivity index (χ4v) is 2.38. The molecule has 0 radical (unpaired) electrons. The lowest BCUT2D eigenvalue weighted by Gasteiger charge is -2.28. The zero-order chi connectivity index (χ0) is 17.0. The van der Waals surface area contributed by atoms with Crippen LogP contribution in [0.2, 0.25) is 5.02 Å². The SMILES string of the molecule is CCC(C)(CC(=O)OC)NCc1cc(=O)n2cc(Cl)ccc2n1. The minimum Gasteiger partial charge on any atom is -0.469 e. The number of fused-ring (bicyclic) bond motifs is 1. The lowest BCUT2D eigenvalue weighted by Crippen LogP contribution is -2.43. The Labute approximate surface area is 139 Å². The molecule has 23 heavy (non-hydrogen) atoms. The number of nitrogens with zero attached hydrogens (tertiary/aromatic N) is 2. The number of pyridine rings is 1. The van der Waals surface area contributed by atoms with Gasteiger partial charge in [0.2, 0.25) is 0 Å². The largest absolute Gasteiger partial charge is 0.469 e. The van der Waals surface area contributed by atoms with Crippen molar-refractivity contribution in [3.05, 3.63) is 45.5 Å². The summed E-state index contributed by atoms with van der Waals surface area (Å²) in [6.07, 6.45) is 2.53. The molecule has 2 aromatic heterocycles. The number of rotatable bonds is 6. The molecule has 0 aliphatic carbocycles. The molecule has 0 saturated heterocycles. The van der Waals surface area contributed by atoms with Gasteiger partial charge in [0, 0.05) is 24.3 Å². The Morgan fingerprint density at radius 3 is 2.87 bits per heavy atom. The summed E-state index contributed by atoms with van der Waals surface area (Å²) in [7, 11) is 1.37. The van der Waals surface area contributed by atoms with E-state index < -0.39 is 5.54 Å². The zero-order valence-corrected chi connectivity index (χ0v) is 14.2. The maximum absolute atomic E-state index is 12.1. The molecule has 6 nitrogen and oxygen atoms in total. The summed E-state index contributed by atoms with van der Waals surface area (Å²) in [4.78, 5) is 28.1. The fourth-order valence-electron chi connectivity index (χ4n) is 2.22. The Morgan fingerprint density at radius 1 is 1.48 bits per heavy atom. The predicted octanol–water partition coefficient (Wildman–Crippen LogP) is 2.17. The maximum Gasteiger partial charge on any atom is 0.307 e. The minimum atomic E-state index is -0.417. The molecular formula is C16H20ClN3O3. The summed E-state index contributed by atoms with van der Waals surface area (Å²) in [5.74, 6) is -0.275. The molecule has 0 saturated carbocycles. The summed E-state index contributed by atoms with van der Waals surface area (Å²) in [6.45, 7) is 4.31. The molecule has 2 rings (SSSR count). The molecule has 2 aromatic rings. The van der Waals surface area contributed by atoms with Gasteiger partial charge in [0.1, 0.15) is 5.65 Å². The van der Waals surface area contributed by atoms with Gasteiger partial charge < -0.3 is 10.1 Å². The van der Waals surface area contributed by atoms with E-state index in [9.17, 15) is 9.59 Å². The van der Waals surface area contributed by atoms with Crippen molar-refractivity contribution < 1.29 is 9.53 Å². The molecule has 7 heteroatoms. The molecule has 0 aliphatic heterocycles. The van der Waals surface area contributed by atoms with Crippen molar-refractivity contribution in [2.45, 2.75) is 38.8 Å². The minimum absolute atomic E-state index is 0.194. The second kappa shape index (κ2) is 7.10. The first-order valence-corrected chi connectivity index (χ1v) is 7.74. The Morgan fingerprint density at radius 2 is 2.22 bits per heavy atom. The lowest BCUT2D eigenvalue weighted by atomic mass is 9.94. The number of carbonyl (C=O) groups is 1. The highest BCUT2D eigenvalue weighted by Gasteiger charge is 2.25. The Bertz CT molecular complexity index is 775. The highest BCUT2D eigenvalue weighted by Crippen LogP contribution is 2.16. The second-order valence-electron chi connectivity index (χ2n) is 5.68. The van der Waals surface area contributed by atoms with Crippen LogP contribution in [0.25, 0.3) is 5.65 Å². The molecule has 1 atom stereocenters. The first-order chi connectivity index (χ1) is 10.9. The van der Waals surface area contributed by atoms with Crippen LogP contribution in [0.1, 0.15) is 32.4 Å². The van der Waals surface area contributed by atoms with Gasteiger partial charge in [0.15, 0.2) is 0 Å². The quantitative estimate of drug-likeness (QED) is 0.818. The van der Waals surface area contributed by atoms with Crippen molar-refractivity contribution in [2.24, 2.45) is 0 Å². The Balaban J connectivity index is 2.20. The van der Waals surface area contributed by atoms with Crippen LogP contribution in [0.15, 0.2) is 29.2 Å². The Kier molecular flexibility index (Phi) is 5.38. The van der Waals surface area contributed by atoms with Gasteiger partial charge >= 0.3 is 5.97 Å². The summed E-state index contributed by atoms with van der Waals surface area (Å²) < 4.78 is 6.13. The molecular weight excluding hydrogens is 318 g/mol. The highest BCUT2D eigenvalue weighted by atomic mass is 35.5. The van der Waals surface area contributed by atoms with Gasteiger partial charge in [-0.25, -0.2) is 4.98 Å². The summed E-state index contributed by atoms with van der Waals surface area (Å²) >= 11 is 5.89. The van der Waals surface area contributed by atoms with Gasteiger partial charge in [-0.05, 0) is 25.5 Å². The number of ether oxygens (including phenoxy) is 1. The first-order valence-electron chi connectivity index (χ1n) is 7.36. The number of carbonyl (C=O) groups excluding carboxylic acids is 1. The topological polar surface area (TPSA) is 72.7 Å². The van der Waals surface area contributed by atoms with Crippen molar-refractivity contribution in [3.8, 4) is 0 Å². The summed E-state index contributed by atoms with van der Waals surface area (Å²) in [5, 5.41) is 3.77. The van der Waals surface area contributed by atoms with Crippen molar-refractivity contribution in [3.63, 3.8) is 0 Å². The first kappa shape index (κ1) is 17.4. The third-order valence-corrected chi connectivity index (χ3v) is 4.14. The van der Waals surface area contributed by atoms with Crippen LogP contribution >= 0.6 is 11.6 Å². The number of aromatic nitrogens is 2. The molecule has 1 unspecified atom stereocenters. The average molecular weight is 338 g/mol. The van der Waals surface area contributed by atoms with Crippen LogP contribution in [0, 0.1) is 0 Å². The van der Waals surface area contributed by atoms with Gasteiger partial charge in [0.25, 0.3) is 5.56 Å². The molecule has 1 N–H and O–H groups in total. The molecule has 124 valence electrons. The average Bonchev–Trinajstić information content (AvgIpc) is 2.53. The van der Waals surface area contributed by atoms with E-state index in [1.54, 1.807) is 12.1 Å². The molecule has 0 fully saturated rings. The van der Waals surface area contributed by atoms with Crippen LogP contribution in [0.5, 0.6) is 0 Å². The highest BCUT2D eigenvalue weighted by molar-refractivity contribution is 6.30. The van der Waals surface area contributed by atoms with Gasteiger partial charge in [-0.1, -0.05) is 18.5 Å². The van der Waals surface area contributed by atoms with E-state index in [1.165, 1.54) is 23.8 Å². The molecule has 0 bridgehead atoms. The third-order valence-electron chi connectivity index (χ3n) is 3.92. The maximum atomic E-state index is 12.1. The van der Waals surface area contributed by atoms with E-state index >= 15 is 0 Å². The van der Waals surface area contributed by atoms with E-state index in [1.807, 2.05) is 13.8 Å². The van der Waals surface area contributed by atoms with Gasteiger partial charge in [-0.2, -0.15) is 0 Å². The van der Waals surface area contributed by atoms with Crippen molar-refractivity contribution >= 4 is 23.2 Å². The van der Waals surface area contributed by atoms with Crippen LogP contribution in [-0.4, -0.2) is 28.0 Å². The lowest BCUT2D eigenvalue weighted by molar-refractivity contribution is -0.142. The third kappa shape index (κ3) is 4.30. The number of halogens is 1. The van der Waals surface area contributed by atoms with Crippen molar-refractivity contribution in [1.29, 1.82) is 0 Å². The van der Waals surface area contributed by atoms with Gasteiger partial charge in [-0.15, -0.1) is 0 Å². The molecule has 0 amide bonds. The van der Waals surface area contributed by atoms with Crippen LogP contribution in [-0.2, 0) is 16.1 Å². The van der Waals surface area contributed by atoms with Crippen LogP contribution in [0.4, 0.5) is 0 Å².